The predicted molar refractivity (Wildman–Crippen MR) is 69.9 cm³/mol. The molecule has 1 atom stereocenters. The summed E-state index contributed by atoms with van der Waals surface area (Å²) in [6.45, 7) is 4.67. The van der Waals surface area contributed by atoms with E-state index in [1.165, 1.54) is 0 Å². The van der Waals surface area contributed by atoms with E-state index in [1.807, 2.05) is 19.1 Å². The SMILES string of the molecule is CC(C(=O)N(CCC#N)Cc1ccco1)C1CNC1. The van der Waals surface area contributed by atoms with Gasteiger partial charge in [-0.05, 0) is 31.1 Å². The maximum absolute atomic E-state index is 12.5. The Kier molecular flexibility index (Phi) is 4.58. The molecule has 1 amide bonds. The zero-order valence-electron chi connectivity index (χ0n) is 11.1. The van der Waals surface area contributed by atoms with Crippen molar-refractivity contribution in [2.45, 2.75) is 19.9 Å². The normalized spacial score (nSPS) is 16.4. The fourth-order valence-electron chi connectivity index (χ4n) is 2.20. The summed E-state index contributed by atoms with van der Waals surface area (Å²) in [5.41, 5.74) is 0. The fraction of sp³-hybridized carbons (Fsp3) is 0.571. The van der Waals surface area contributed by atoms with Crippen molar-refractivity contribution < 1.29 is 9.21 Å². The van der Waals surface area contributed by atoms with Crippen LogP contribution < -0.4 is 5.32 Å². The molecule has 1 aromatic rings. The average molecular weight is 261 g/mol. The number of nitriles is 1. The zero-order chi connectivity index (χ0) is 13.7. The van der Waals surface area contributed by atoms with Gasteiger partial charge in [0.2, 0.25) is 5.91 Å². The van der Waals surface area contributed by atoms with Gasteiger partial charge in [-0.25, -0.2) is 0 Å². The van der Waals surface area contributed by atoms with Gasteiger partial charge >= 0.3 is 0 Å². The first-order valence-electron chi connectivity index (χ1n) is 6.61. The average Bonchev–Trinajstić information content (AvgIpc) is 2.84. The molecule has 2 heterocycles. The van der Waals surface area contributed by atoms with Crippen molar-refractivity contribution in [1.29, 1.82) is 5.26 Å². The summed E-state index contributed by atoms with van der Waals surface area (Å²) < 4.78 is 5.29. The van der Waals surface area contributed by atoms with E-state index < -0.39 is 0 Å². The van der Waals surface area contributed by atoms with Gasteiger partial charge in [0, 0.05) is 12.5 Å². The number of hydrogen-bond donors (Lipinski definition) is 1. The smallest absolute Gasteiger partial charge is 0.226 e. The van der Waals surface area contributed by atoms with Crippen LogP contribution in [0.5, 0.6) is 0 Å². The van der Waals surface area contributed by atoms with Gasteiger partial charge in [-0.3, -0.25) is 4.79 Å². The molecule has 1 N–H and O–H groups in total. The van der Waals surface area contributed by atoms with Gasteiger partial charge in [0.1, 0.15) is 5.76 Å². The van der Waals surface area contributed by atoms with Crippen molar-refractivity contribution in [3.8, 4) is 6.07 Å². The summed E-state index contributed by atoms with van der Waals surface area (Å²) in [7, 11) is 0. The Bertz CT molecular complexity index is 446. The molecule has 5 nitrogen and oxygen atoms in total. The molecule has 0 spiro atoms. The van der Waals surface area contributed by atoms with Crippen LogP contribution in [0.15, 0.2) is 22.8 Å². The molecule has 1 fully saturated rings. The highest BCUT2D eigenvalue weighted by molar-refractivity contribution is 5.79. The highest BCUT2D eigenvalue weighted by atomic mass is 16.3. The maximum atomic E-state index is 12.5. The molecule has 0 aliphatic carbocycles. The molecule has 2 rings (SSSR count). The van der Waals surface area contributed by atoms with Crippen LogP contribution in [0.1, 0.15) is 19.1 Å². The van der Waals surface area contributed by atoms with Gasteiger partial charge < -0.3 is 14.6 Å². The third-order valence-electron chi connectivity index (χ3n) is 3.64. The number of furan rings is 1. The Morgan fingerprint density at radius 3 is 3.00 bits per heavy atom. The highest BCUT2D eigenvalue weighted by Crippen LogP contribution is 2.20. The van der Waals surface area contributed by atoms with Crippen LogP contribution in [-0.2, 0) is 11.3 Å². The minimum Gasteiger partial charge on any atom is -0.467 e. The Hall–Kier alpha value is -1.80. The molecule has 1 aliphatic heterocycles. The largest absolute Gasteiger partial charge is 0.467 e. The molecule has 1 aliphatic rings. The van der Waals surface area contributed by atoms with Crippen LogP contribution in [-0.4, -0.2) is 30.4 Å². The van der Waals surface area contributed by atoms with Crippen LogP contribution in [0.25, 0.3) is 0 Å². The van der Waals surface area contributed by atoms with E-state index in [0.29, 0.717) is 25.4 Å². The molecule has 1 saturated heterocycles. The topological polar surface area (TPSA) is 69.3 Å². The number of nitrogens with one attached hydrogen (secondary N) is 1. The summed E-state index contributed by atoms with van der Waals surface area (Å²) >= 11 is 0. The van der Waals surface area contributed by atoms with Crippen LogP contribution in [0, 0.1) is 23.2 Å². The Morgan fingerprint density at radius 1 is 1.68 bits per heavy atom. The summed E-state index contributed by atoms with van der Waals surface area (Å²) in [5, 5.41) is 11.9. The number of carbonyl (C=O) groups excluding carboxylic acids is 1. The minimum absolute atomic E-state index is 0.00472. The molecule has 0 aromatic carbocycles. The summed E-state index contributed by atoms with van der Waals surface area (Å²) in [6, 6.07) is 5.75. The summed E-state index contributed by atoms with van der Waals surface area (Å²) in [4.78, 5) is 14.2. The minimum atomic E-state index is -0.00472. The molecule has 0 radical (unpaired) electrons. The van der Waals surface area contributed by atoms with Gasteiger partial charge in [-0.15, -0.1) is 0 Å². The monoisotopic (exact) mass is 261 g/mol. The van der Waals surface area contributed by atoms with Gasteiger partial charge in [0.05, 0.1) is 25.3 Å². The highest BCUT2D eigenvalue weighted by Gasteiger charge is 2.31. The lowest BCUT2D eigenvalue weighted by atomic mass is 9.88. The van der Waals surface area contributed by atoms with Crippen LogP contribution in [0.2, 0.25) is 0 Å². The van der Waals surface area contributed by atoms with Crippen LogP contribution in [0.3, 0.4) is 0 Å². The van der Waals surface area contributed by atoms with Gasteiger partial charge in [0.25, 0.3) is 0 Å². The second-order valence-electron chi connectivity index (χ2n) is 4.95. The Balaban J connectivity index is 1.99. The van der Waals surface area contributed by atoms with Crippen molar-refractivity contribution in [1.82, 2.24) is 10.2 Å². The van der Waals surface area contributed by atoms with Crippen molar-refractivity contribution in [3.05, 3.63) is 24.2 Å². The van der Waals surface area contributed by atoms with E-state index in [-0.39, 0.29) is 11.8 Å². The van der Waals surface area contributed by atoms with Gasteiger partial charge in [-0.1, -0.05) is 6.92 Å². The van der Waals surface area contributed by atoms with E-state index in [1.54, 1.807) is 11.2 Å². The summed E-state index contributed by atoms with van der Waals surface area (Å²) in [5.74, 6) is 1.27. The molecule has 102 valence electrons. The molecule has 1 unspecified atom stereocenters. The number of nitrogens with zero attached hydrogens (tertiary/aromatic N) is 2. The molecule has 0 saturated carbocycles. The van der Waals surface area contributed by atoms with E-state index >= 15 is 0 Å². The second-order valence-corrected chi connectivity index (χ2v) is 4.95. The Labute approximate surface area is 113 Å². The molecular formula is C14H19N3O2. The lowest BCUT2D eigenvalue weighted by molar-refractivity contribution is -0.138. The van der Waals surface area contributed by atoms with Crippen LogP contribution in [0.4, 0.5) is 0 Å². The Morgan fingerprint density at radius 2 is 2.47 bits per heavy atom. The first-order chi connectivity index (χ1) is 9.22. The first-order valence-corrected chi connectivity index (χ1v) is 6.61. The third-order valence-corrected chi connectivity index (χ3v) is 3.64. The van der Waals surface area contributed by atoms with E-state index in [9.17, 15) is 4.79 Å². The van der Waals surface area contributed by atoms with E-state index in [2.05, 4.69) is 11.4 Å². The van der Waals surface area contributed by atoms with Crippen LogP contribution >= 0.6 is 0 Å². The molecule has 5 heteroatoms. The lowest BCUT2D eigenvalue weighted by Gasteiger charge is -2.34. The quantitative estimate of drug-likeness (QED) is 0.840. The van der Waals surface area contributed by atoms with E-state index in [0.717, 1.165) is 18.8 Å². The number of carbonyl (C=O) groups is 1. The maximum Gasteiger partial charge on any atom is 0.226 e. The van der Waals surface area contributed by atoms with Crippen molar-refractivity contribution in [2.75, 3.05) is 19.6 Å². The molecule has 1 aromatic heterocycles. The molecular weight excluding hydrogens is 242 g/mol. The van der Waals surface area contributed by atoms with E-state index in [4.69, 9.17) is 9.68 Å². The standard InChI is InChI=1S/C14H19N3O2/c1-11(12-8-16-9-12)14(18)17(6-3-5-15)10-13-4-2-7-19-13/h2,4,7,11-12,16H,3,6,8-10H2,1H3. The second kappa shape index (κ2) is 6.39. The van der Waals surface area contributed by atoms with Gasteiger partial charge in [0.15, 0.2) is 0 Å². The van der Waals surface area contributed by atoms with Gasteiger partial charge in [-0.2, -0.15) is 5.26 Å². The first kappa shape index (κ1) is 13.6. The number of amides is 1. The van der Waals surface area contributed by atoms with Crippen molar-refractivity contribution in [2.24, 2.45) is 11.8 Å². The van der Waals surface area contributed by atoms with Crippen molar-refractivity contribution in [3.63, 3.8) is 0 Å². The number of rotatable bonds is 6. The fourth-order valence-corrected chi connectivity index (χ4v) is 2.20. The molecule has 19 heavy (non-hydrogen) atoms. The molecule has 0 bridgehead atoms. The summed E-state index contributed by atoms with van der Waals surface area (Å²) in [6.07, 6.45) is 1.95. The predicted octanol–water partition coefficient (Wildman–Crippen LogP) is 1.38. The third kappa shape index (κ3) is 3.36. The number of hydrogen-bond acceptors (Lipinski definition) is 4. The van der Waals surface area contributed by atoms with Crippen molar-refractivity contribution >= 4 is 5.91 Å². The lowest BCUT2D eigenvalue weighted by Crippen LogP contribution is -2.50. The zero-order valence-corrected chi connectivity index (χ0v) is 11.1.